The van der Waals surface area contributed by atoms with Gasteiger partial charge in [0.1, 0.15) is 23.8 Å². The van der Waals surface area contributed by atoms with Crippen molar-refractivity contribution in [2.45, 2.75) is 97.4 Å². The fourth-order valence-electron chi connectivity index (χ4n) is 5.23. The van der Waals surface area contributed by atoms with Gasteiger partial charge in [-0.2, -0.15) is 5.10 Å². The molecule has 2 N–H and O–H groups in total. The molecule has 10 nitrogen and oxygen atoms in total. The van der Waals surface area contributed by atoms with E-state index in [1.807, 2.05) is 56.7 Å². The summed E-state index contributed by atoms with van der Waals surface area (Å²) in [5.41, 5.74) is 0.946. The Morgan fingerprint density at radius 2 is 1.88 bits per heavy atom. The maximum atomic E-state index is 13.4. The summed E-state index contributed by atoms with van der Waals surface area (Å²) in [4.78, 5) is 30.2. The largest absolute Gasteiger partial charge is 0.444 e. The number of carbonyl (C=O) groups is 2. The predicted octanol–water partition coefficient (Wildman–Crippen LogP) is 6.19. The van der Waals surface area contributed by atoms with E-state index < -0.39 is 19.8 Å². The number of nitrogens with one attached hydrogen (secondary N) is 2. The minimum Gasteiger partial charge on any atom is -0.444 e. The smallest absolute Gasteiger partial charge is 0.407 e. The van der Waals surface area contributed by atoms with Gasteiger partial charge in [0, 0.05) is 50.6 Å². The molecular formula is C30H46N6O4Si. The first kappa shape index (κ1) is 30.8. The molecule has 1 unspecified atom stereocenters. The average molecular weight is 583 g/mol. The highest BCUT2D eigenvalue weighted by Crippen LogP contribution is 2.33. The number of pyridine rings is 1. The number of anilines is 1. The molecule has 224 valence electrons. The van der Waals surface area contributed by atoms with Crippen LogP contribution in [0, 0.1) is 11.8 Å². The first-order valence-electron chi connectivity index (χ1n) is 14.7. The van der Waals surface area contributed by atoms with Crippen molar-refractivity contribution in [3.05, 3.63) is 36.8 Å². The van der Waals surface area contributed by atoms with E-state index in [-0.39, 0.29) is 17.9 Å². The lowest BCUT2D eigenvalue weighted by molar-refractivity contribution is -0.121. The van der Waals surface area contributed by atoms with Crippen LogP contribution >= 0.6 is 0 Å². The standard InChI is InChI=1S/C30H46N6O4Si/c1-21(33-29(38)40-30(2,3)4)22-9-11-23(12-10-22)28(37)34-25-13-15-31-27-24(25)19-26(36-16-8-14-32-36)35(27)20-39-17-18-41(5,6)7/h8,13-16,19,21-23H,9-12,17-18,20H2,1-7H3,(H,33,38)(H,31,34,37). The Bertz CT molecular complexity index is 1320. The lowest BCUT2D eigenvalue weighted by atomic mass is 9.78. The van der Waals surface area contributed by atoms with Crippen LogP contribution in [-0.2, 0) is 21.0 Å². The van der Waals surface area contributed by atoms with Crippen molar-refractivity contribution in [3.63, 3.8) is 0 Å². The second-order valence-corrected chi connectivity index (χ2v) is 19.0. The molecule has 0 saturated heterocycles. The Morgan fingerprint density at radius 1 is 1.15 bits per heavy atom. The summed E-state index contributed by atoms with van der Waals surface area (Å²) in [7, 11) is -1.21. The number of ether oxygens (including phenoxy) is 2. The third-order valence-electron chi connectivity index (χ3n) is 7.58. The molecule has 1 atom stereocenters. The molecule has 3 heterocycles. The first-order valence-corrected chi connectivity index (χ1v) is 18.4. The lowest BCUT2D eigenvalue weighted by Gasteiger charge is -2.32. The molecule has 0 aromatic carbocycles. The molecule has 1 aliphatic carbocycles. The summed E-state index contributed by atoms with van der Waals surface area (Å²) < 4.78 is 15.3. The van der Waals surface area contributed by atoms with Crippen LogP contribution in [0.25, 0.3) is 16.9 Å². The number of carbonyl (C=O) groups excluding carboxylic acids is 2. The summed E-state index contributed by atoms with van der Waals surface area (Å²) in [6, 6.07) is 6.80. The molecule has 3 aromatic heterocycles. The molecule has 41 heavy (non-hydrogen) atoms. The summed E-state index contributed by atoms with van der Waals surface area (Å²) in [6.07, 6.45) is 8.25. The van der Waals surface area contributed by atoms with Crippen molar-refractivity contribution in [2.24, 2.45) is 11.8 Å². The van der Waals surface area contributed by atoms with Crippen LogP contribution in [-0.4, -0.2) is 57.7 Å². The van der Waals surface area contributed by atoms with E-state index in [4.69, 9.17) is 9.47 Å². The molecule has 11 heteroatoms. The zero-order valence-corrected chi connectivity index (χ0v) is 26.6. The van der Waals surface area contributed by atoms with E-state index in [9.17, 15) is 9.59 Å². The van der Waals surface area contributed by atoms with E-state index in [0.717, 1.165) is 54.3 Å². The Kier molecular flexibility index (Phi) is 9.58. The highest BCUT2D eigenvalue weighted by atomic mass is 28.3. The van der Waals surface area contributed by atoms with Crippen LogP contribution in [0.1, 0.15) is 53.4 Å². The Balaban J connectivity index is 1.42. The normalized spacial score (nSPS) is 18.7. The predicted molar refractivity (Wildman–Crippen MR) is 164 cm³/mol. The fourth-order valence-corrected chi connectivity index (χ4v) is 5.98. The van der Waals surface area contributed by atoms with Crippen molar-refractivity contribution in [1.29, 1.82) is 0 Å². The lowest BCUT2D eigenvalue weighted by Crippen LogP contribution is -2.42. The van der Waals surface area contributed by atoms with Gasteiger partial charge in [0.15, 0.2) is 0 Å². The number of alkyl carbamates (subject to hydrolysis) is 1. The maximum Gasteiger partial charge on any atom is 0.407 e. The zero-order chi connectivity index (χ0) is 29.8. The van der Waals surface area contributed by atoms with Gasteiger partial charge in [-0.25, -0.2) is 14.5 Å². The molecular weight excluding hydrogens is 536 g/mol. The van der Waals surface area contributed by atoms with E-state index in [1.165, 1.54) is 0 Å². The summed E-state index contributed by atoms with van der Waals surface area (Å²) in [5.74, 6) is 1.08. The van der Waals surface area contributed by atoms with Gasteiger partial charge >= 0.3 is 6.09 Å². The Labute approximate surface area is 244 Å². The van der Waals surface area contributed by atoms with Crippen LogP contribution in [0.2, 0.25) is 25.7 Å². The summed E-state index contributed by atoms with van der Waals surface area (Å²) in [5, 5.41) is 11.4. The number of nitrogens with zero attached hydrogens (tertiary/aromatic N) is 4. The van der Waals surface area contributed by atoms with Crippen molar-refractivity contribution in [2.75, 3.05) is 11.9 Å². The minimum absolute atomic E-state index is 0.0119. The van der Waals surface area contributed by atoms with Crippen molar-refractivity contribution in [3.8, 4) is 5.82 Å². The van der Waals surface area contributed by atoms with Gasteiger partial charge in [-0.3, -0.25) is 9.36 Å². The monoisotopic (exact) mass is 582 g/mol. The number of hydrogen-bond donors (Lipinski definition) is 2. The topological polar surface area (TPSA) is 112 Å². The van der Waals surface area contributed by atoms with Gasteiger partial charge in [-0.1, -0.05) is 19.6 Å². The average Bonchev–Trinajstić information content (AvgIpc) is 3.53. The van der Waals surface area contributed by atoms with E-state index in [2.05, 4.69) is 40.4 Å². The van der Waals surface area contributed by atoms with Crippen molar-refractivity contribution in [1.82, 2.24) is 24.6 Å². The van der Waals surface area contributed by atoms with Crippen LogP contribution in [0.4, 0.5) is 10.5 Å². The molecule has 1 fully saturated rings. The Hall–Kier alpha value is -3.18. The highest BCUT2D eigenvalue weighted by Gasteiger charge is 2.31. The van der Waals surface area contributed by atoms with E-state index >= 15 is 0 Å². The summed E-state index contributed by atoms with van der Waals surface area (Å²) in [6.45, 7) is 15.6. The second-order valence-electron chi connectivity index (χ2n) is 13.4. The third kappa shape index (κ3) is 8.42. The zero-order valence-electron chi connectivity index (χ0n) is 25.6. The molecule has 0 radical (unpaired) electrons. The first-order chi connectivity index (χ1) is 19.3. The molecule has 1 saturated carbocycles. The fraction of sp³-hybridized carbons (Fsp3) is 0.600. The number of fused-ring (bicyclic) bond motifs is 1. The summed E-state index contributed by atoms with van der Waals surface area (Å²) >= 11 is 0. The maximum absolute atomic E-state index is 13.4. The van der Waals surface area contributed by atoms with Crippen molar-refractivity contribution < 1.29 is 19.1 Å². The van der Waals surface area contributed by atoms with E-state index in [1.54, 1.807) is 17.1 Å². The molecule has 0 spiro atoms. The van der Waals surface area contributed by atoms with Gasteiger partial charge in [-0.15, -0.1) is 0 Å². The second kappa shape index (κ2) is 12.8. The number of amides is 2. The van der Waals surface area contributed by atoms with Gasteiger partial charge < -0.3 is 20.1 Å². The highest BCUT2D eigenvalue weighted by molar-refractivity contribution is 6.76. The minimum atomic E-state index is -1.21. The molecule has 0 bridgehead atoms. The molecule has 4 rings (SSSR count). The molecule has 2 amide bonds. The number of hydrogen-bond acceptors (Lipinski definition) is 6. The van der Waals surface area contributed by atoms with Gasteiger partial charge in [0.05, 0.1) is 5.69 Å². The molecule has 1 aliphatic rings. The molecule has 3 aromatic rings. The SMILES string of the molecule is CC(NC(=O)OC(C)(C)C)C1CCC(C(=O)Nc2ccnc3c2cc(-n2cccn2)n3COCC[Si](C)(C)C)CC1. The van der Waals surface area contributed by atoms with Crippen LogP contribution in [0.3, 0.4) is 0 Å². The number of rotatable bonds is 10. The Morgan fingerprint density at radius 3 is 2.51 bits per heavy atom. The third-order valence-corrected chi connectivity index (χ3v) is 9.29. The molecule has 0 aliphatic heterocycles. The van der Waals surface area contributed by atoms with Gasteiger partial charge in [0.2, 0.25) is 5.91 Å². The number of aromatic nitrogens is 4. The van der Waals surface area contributed by atoms with E-state index in [0.29, 0.717) is 19.3 Å². The van der Waals surface area contributed by atoms with Crippen LogP contribution < -0.4 is 10.6 Å². The van der Waals surface area contributed by atoms with Gasteiger partial charge in [0.25, 0.3) is 0 Å². The van der Waals surface area contributed by atoms with Crippen LogP contribution in [0.5, 0.6) is 0 Å². The van der Waals surface area contributed by atoms with Gasteiger partial charge in [-0.05, 0) is 83.5 Å². The van der Waals surface area contributed by atoms with Crippen molar-refractivity contribution >= 4 is 36.8 Å². The quantitative estimate of drug-likeness (QED) is 0.218. The van der Waals surface area contributed by atoms with Crippen LogP contribution in [0.15, 0.2) is 36.8 Å².